The Morgan fingerprint density at radius 2 is 1.88 bits per heavy atom. The van der Waals surface area contributed by atoms with Gasteiger partial charge < -0.3 is 5.21 Å². The van der Waals surface area contributed by atoms with E-state index in [-0.39, 0.29) is 11.7 Å². The van der Waals surface area contributed by atoms with Crippen molar-refractivity contribution in [3.8, 4) is 0 Å². The van der Waals surface area contributed by atoms with Gasteiger partial charge >= 0.3 is 0 Å². The van der Waals surface area contributed by atoms with E-state index in [1.807, 2.05) is 26.8 Å². The third kappa shape index (κ3) is 3.19. The van der Waals surface area contributed by atoms with Crippen LogP contribution >= 0.6 is 0 Å². The number of oxime groups is 1. The minimum absolute atomic E-state index is 0.154. The Hall–Kier alpha value is -1.64. The summed E-state index contributed by atoms with van der Waals surface area (Å²) in [5.74, 6) is -0.101. The van der Waals surface area contributed by atoms with Crippen LogP contribution in [0.5, 0.6) is 0 Å². The van der Waals surface area contributed by atoms with Crippen LogP contribution in [0, 0.1) is 11.7 Å². The van der Waals surface area contributed by atoms with Gasteiger partial charge in [0.15, 0.2) is 0 Å². The molecule has 0 amide bonds. The number of benzene rings is 1. The van der Waals surface area contributed by atoms with Gasteiger partial charge in [-0.15, -0.1) is 0 Å². The maximum Gasteiger partial charge on any atom is 0.123 e. The van der Waals surface area contributed by atoms with Crippen LogP contribution in [0.4, 0.5) is 4.39 Å². The molecule has 2 nitrogen and oxygen atoms in total. The molecule has 0 aliphatic carbocycles. The summed E-state index contributed by atoms with van der Waals surface area (Å²) in [6.45, 7) is 5.78. The number of halogens is 1. The molecule has 0 saturated carbocycles. The van der Waals surface area contributed by atoms with E-state index in [9.17, 15) is 4.39 Å². The van der Waals surface area contributed by atoms with Gasteiger partial charge in [-0.3, -0.25) is 0 Å². The molecule has 1 aromatic carbocycles. The Kier molecular flexibility index (Phi) is 4.23. The van der Waals surface area contributed by atoms with Crippen molar-refractivity contribution >= 4 is 11.8 Å². The van der Waals surface area contributed by atoms with E-state index in [1.54, 1.807) is 12.1 Å². The van der Waals surface area contributed by atoms with Crippen LogP contribution in [0.2, 0.25) is 0 Å². The Balaban J connectivity index is 2.96. The molecule has 1 aromatic rings. The molecule has 86 valence electrons. The zero-order valence-corrected chi connectivity index (χ0v) is 9.74. The molecule has 0 aliphatic rings. The maximum absolute atomic E-state index is 12.7. The summed E-state index contributed by atoms with van der Waals surface area (Å²) >= 11 is 0. The molecule has 0 aliphatic heterocycles. The zero-order chi connectivity index (χ0) is 12.1. The molecule has 16 heavy (non-hydrogen) atoms. The highest BCUT2D eigenvalue weighted by Crippen LogP contribution is 2.13. The van der Waals surface area contributed by atoms with Gasteiger partial charge in [0.1, 0.15) is 5.82 Å². The molecule has 0 atom stereocenters. The largest absolute Gasteiger partial charge is 0.411 e. The van der Waals surface area contributed by atoms with E-state index in [0.717, 1.165) is 11.1 Å². The summed E-state index contributed by atoms with van der Waals surface area (Å²) in [5.41, 5.74) is 2.41. The Morgan fingerprint density at radius 1 is 1.31 bits per heavy atom. The lowest BCUT2D eigenvalue weighted by atomic mass is 9.99. The van der Waals surface area contributed by atoms with Crippen molar-refractivity contribution in [3.05, 3.63) is 41.2 Å². The van der Waals surface area contributed by atoms with Crippen molar-refractivity contribution in [3.63, 3.8) is 0 Å². The first-order chi connectivity index (χ1) is 7.54. The number of rotatable bonds is 3. The van der Waals surface area contributed by atoms with E-state index < -0.39 is 0 Å². The van der Waals surface area contributed by atoms with Gasteiger partial charge in [-0.2, -0.15) is 0 Å². The lowest BCUT2D eigenvalue weighted by molar-refractivity contribution is 0.316. The van der Waals surface area contributed by atoms with E-state index in [0.29, 0.717) is 5.71 Å². The van der Waals surface area contributed by atoms with Gasteiger partial charge in [0.25, 0.3) is 0 Å². The molecule has 0 bridgehead atoms. The monoisotopic (exact) mass is 221 g/mol. The summed E-state index contributed by atoms with van der Waals surface area (Å²) in [4.78, 5) is 0. The topological polar surface area (TPSA) is 32.6 Å². The minimum atomic E-state index is -0.255. The van der Waals surface area contributed by atoms with Gasteiger partial charge in [0.2, 0.25) is 0 Å². The molecule has 0 unspecified atom stereocenters. The van der Waals surface area contributed by atoms with Crippen LogP contribution in [-0.4, -0.2) is 10.9 Å². The van der Waals surface area contributed by atoms with Crippen LogP contribution in [-0.2, 0) is 0 Å². The van der Waals surface area contributed by atoms with E-state index >= 15 is 0 Å². The van der Waals surface area contributed by atoms with Crippen LogP contribution in [0.1, 0.15) is 26.3 Å². The second-order valence-electron chi connectivity index (χ2n) is 4.02. The third-order valence-electron chi connectivity index (χ3n) is 2.31. The van der Waals surface area contributed by atoms with E-state index in [4.69, 9.17) is 5.21 Å². The smallest absolute Gasteiger partial charge is 0.123 e. The highest BCUT2D eigenvalue weighted by atomic mass is 19.1. The van der Waals surface area contributed by atoms with Crippen LogP contribution in [0.15, 0.2) is 35.0 Å². The average Bonchev–Trinajstić information content (AvgIpc) is 2.22. The van der Waals surface area contributed by atoms with Gasteiger partial charge in [0, 0.05) is 0 Å². The summed E-state index contributed by atoms with van der Waals surface area (Å²) in [6, 6.07) is 6.19. The molecule has 3 heteroatoms. The van der Waals surface area contributed by atoms with E-state index in [1.165, 1.54) is 12.1 Å². The van der Waals surface area contributed by atoms with Gasteiger partial charge in [-0.1, -0.05) is 37.2 Å². The van der Waals surface area contributed by atoms with Crippen molar-refractivity contribution < 1.29 is 9.60 Å². The molecule has 0 spiro atoms. The Bertz CT molecular complexity index is 404. The van der Waals surface area contributed by atoms with Gasteiger partial charge in [0.05, 0.1) is 5.71 Å². The number of nitrogens with zero attached hydrogens (tertiary/aromatic N) is 1. The first-order valence-corrected chi connectivity index (χ1v) is 5.20. The second kappa shape index (κ2) is 5.45. The molecular formula is C13H16FNO. The molecule has 1 rings (SSSR count). The Labute approximate surface area is 95.1 Å². The molecule has 0 radical (unpaired) electrons. The summed E-state index contributed by atoms with van der Waals surface area (Å²) in [7, 11) is 0. The second-order valence-corrected chi connectivity index (χ2v) is 4.02. The molecule has 1 N–H and O–H groups in total. The lowest BCUT2D eigenvalue weighted by Crippen LogP contribution is -2.08. The van der Waals surface area contributed by atoms with Crippen LogP contribution < -0.4 is 0 Å². The number of hydrogen-bond acceptors (Lipinski definition) is 2. The first-order valence-electron chi connectivity index (χ1n) is 5.20. The van der Waals surface area contributed by atoms with Crippen LogP contribution in [0.3, 0.4) is 0 Å². The van der Waals surface area contributed by atoms with Crippen LogP contribution in [0.25, 0.3) is 6.08 Å². The first kappa shape index (κ1) is 12.4. The fraction of sp³-hybridized carbons (Fsp3) is 0.308. The Morgan fingerprint density at radius 3 is 2.31 bits per heavy atom. The molecular weight excluding hydrogens is 205 g/mol. The fourth-order valence-corrected chi connectivity index (χ4v) is 1.53. The van der Waals surface area contributed by atoms with E-state index in [2.05, 4.69) is 5.16 Å². The normalized spacial score (nSPS) is 13.3. The predicted molar refractivity (Wildman–Crippen MR) is 64.1 cm³/mol. The summed E-state index contributed by atoms with van der Waals surface area (Å²) < 4.78 is 12.7. The van der Waals surface area contributed by atoms with Crippen molar-refractivity contribution in [1.82, 2.24) is 0 Å². The highest BCUT2D eigenvalue weighted by molar-refractivity contribution is 6.03. The molecule has 0 heterocycles. The molecule has 0 aromatic heterocycles. The minimum Gasteiger partial charge on any atom is -0.411 e. The average molecular weight is 221 g/mol. The number of allylic oxidation sites excluding steroid dienone is 1. The molecule has 0 saturated heterocycles. The fourth-order valence-electron chi connectivity index (χ4n) is 1.53. The SMILES string of the molecule is C/C(=C\c1ccc(F)cc1)C(=NO)C(C)C. The van der Waals surface area contributed by atoms with Crippen molar-refractivity contribution in [2.75, 3.05) is 0 Å². The highest BCUT2D eigenvalue weighted by Gasteiger charge is 2.07. The van der Waals surface area contributed by atoms with Gasteiger partial charge in [-0.25, -0.2) is 4.39 Å². The standard InChI is InChI=1S/C13H16FNO/c1-9(2)13(15-16)10(3)8-11-4-6-12(14)7-5-11/h4-9,16H,1-3H3/b10-8+,15-13?. The number of hydrogen-bond donors (Lipinski definition) is 1. The molecule has 0 fully saturated rings. The summed E-state index contributed by atoms with van der Waals surface area (Å²) in [5, 5.41) is 12.2. The summed E-state index contributed by atoms with van der Waals surface area (Å²) in [6.07, 6.45) is 1.87. The maximum atomic E-state index is 12.7. The third-order valence-corrected chi connectivity index (χ3v) is 2.31. The van der Waals surface area contributed by atoms with Crippen molar-refractivity contribution in [2.45, 2.75) is 20.8 Å². The lowest BCUT2D eigenvalue weighted by Gasteiger charge is -2.08. The van der Waals surface area contributed by atoms with Crippen molar-refractivity contribution in [2.24, 2.45) is 11.1 Å². The zero-order valence-electron chi connectivity index (χ0n) is 9.74. The quantitative estimate of drug-likeness (QED) is 0.471. The predicted octanol–water partition coefficient (Wildman–Crippen LogP) is 3.72. The van der Waals surface area contributed by atoms with Gasteiger partial charge in [-0.05, 0) is 36.1 Å². The van der Waals surface area contributed by atoms with Crippen molar-refractivity contribution in [1.29, 1.82) is 0 Å².